The fourth-order valence-electron chi connectivity index (χ4n) is 3.96. The van der Waals surface area contributed by atoms with Crippen molar-refractivity contribution in [2.24, 2.45) is 5.92 Å². The minimum atomic E-state index is -0.0884. The normalized spacial score (nSPS) is 23.4. The molecule has 2 atom stereocenters. The van der Waals surface area contributed by atoms with Crippen LogP contribution in [0.4, 0.5) is 11.8 Å². The first-order chi connectivity index (χ1) is 12.7. The van der Waals surface area contributed by atoms with Crippen molar-refractivity contribution in [2.75, 3.05) is 42.6 Å². The van der Waals surface area contributed by atoms with Gasteiger partial charge in [0, 0.05) is 31.7 Å². The van der Waals surface area contributed by atoms with Crippen LogP contribution in [0.3, 0.4) is 0 Å². The van der Waals surface area contributed by atoms with E-state index in [-0.39, 0.29) is 5.56 Å². The first-order valence-electron chi connectivity index (χ1n) is 9.45. The molecule has 2 aromatic rings. The Morgan fingerprint density at radius 2 is 1.96 bits per heavy atom. The van der Waals surface area contributed by atoms with Gasteiger partial charge in [-0.2, -0.15) is 4.98 Å². The van der Waals surface area contributed by atoms with E-state index < -0.39 is 0 Å². The van der Waals surface area contributed by atoms with Crippen LogP contribution in [0, 0.1) is 5.92 Å². The third-order valence-corrected chi connectivity index (χ3v) is 5.49. The molecule has 1 N–H and O–H groups in total. The Morgan fingerprint density at radius 1 is 1.19 bits per heavy atom. The molecule has 1 aromatic heterocycles. The summed E-state index contributed by atoms with van der Waals surface area (Å²) in [5, 5.41) is 0. The van der Waals surface area contributed by atoms with E-state index in [9.17, 15) is 4.79 Å². The second-order valence-corrected chi connectivity index (χ2v) is 7.24. The van der Waals surface area contributed by atoms with E-state index >= 15 is 0 Å². The average Bonchev–Trinajstić information content (AvgIpc) is 3.03. The summed E-state index contributed by atoms with van der Waals surface area (Å²) in [6, 6.07) is 12.5. The van der Waals surface area contributed by atoms with Crippen LogP contribution in [0.5, 0.6) is 0 Å². The minimum Gasteiger partial charge on any atom is -0.378 e. The van der Waals surface area contributed by atoms with Crippen LogP contribution >= 0.6 is 0 Å². The summed E-state index contributed by atoms with van der Waals surface area (Å²) in [4.78, 5) is 24.5. The molecule has 6 nitrogen and oxygen atoms in total. The smallest absolute Gasteiger partial charge is 0.254 e. The van der Waals surface area contributed by atoms with Crippen molar-refractivity contribution >= 4 is 11.8 Å². The predicted octanol–water partition coefficient (Wildman–Crippen LogP) is 2.06. The number of H-pyrrole nitrogens is 1. The molecule has 2 saturated heterocycles. The average molecular weight is 354 g/mol. The summed E-state index contributed by atoms with van der Waals surface area (Å²) in [7, 11) is 0. The number of rotatable bonds is 4. The third-order valence-electron chi connectivity index (χ3n) is 5.49. The number of aromatic nitrogens is 2. The van der Waals surface area contributed by atoms with Crippen LogP contribution in [-0.2, 0) is 11.2 Å². The summed E-state index contributed by atoms with van der Waals surface area (Å²) >= 11 is 0. The number of morpholine rings is 1. The molecule has 6 heteroatoms. The van der Waals surface area contributed by atoms with Gasteiger partial charge >= 0.3 is 0 Å². The lowest BCUT2D eigenvalue weighted by molar-refractivity contribution is 0.122. The van der Waals surface area contributed by atoms with E-state index in [1.165, 1.54) is 5.56 Å². The van der Waals surface area contributed by atoms with Gasteiger partial charge in [0.1, 0.15) is 5.82 Å². The van der Waals surface area contributed by atoms with Crippen LogP contribution in [0.15, 0.2) is 41.2 Å². The van der Waals surface area contributed by atoms with Gasteiger partial charge in [-0.1, -0.05) is 37.3 Å². The van der Waals surface area contributed by atoms with Gasteiger partial charge in [-0.3, -0.25) is 9.78 Å². The standard InChI is InChI=1S/C20H26N4O2/c1-15-7-8-24(17(15)13-16-5-3-2-4-6-16)20-21-18(14-19(25)22-20)23-9-11-26-12-10-23/h2-6,14-15,17H,7-13H2,1H3,(H,21,22,25)/t15-,17+/m1/s1. The minimum absolute atomic E-state index is 0.0884. The molecule has 138 valence electrons. The second-order valence-electron chi connectivity index (χ2n) is 7.24. The molecule has 0 unspecified atom stereocenters. The largest absolute Gasteiger partial charge is 0.378 e. The van der Waals surface area contributed by atoms with Crippen LogP contribution in [0.2, 0.25) is 0 Å². The molecular formula is C20H26N4O2. The fraction of sp³-hybridized carbons (Fsp3) is 0.500. The highest BCUT2D eigenvalue weighted by Gasteiger charge is 2.33. The van der Waals surface area contributed by atoms with E-state index in [2.05, 4.69) is 46.0 Å². The molecule has 2 aliphatic heterocycles. The Balaban J connectivity index is 1.60. The number of hydrogen-bond acceptors (Lipinski definition) is 5. The molecule has 0 amide bonds. The molecule has 2 aliphatic rings. The van der Waals surface area contributed by atoms with Crippen molar-refractivity contribution in [3.63, 3.8) is 0 Å². The molecule has 0 spiro atoms. The van der Waals surface area contributed by atoms with E-state index in [0.717, 1.165) is 38.3 Å². The SMILES string of the molecule is C[C@@H]1CCN(c2nc(N3CCOCC3)cc(=O)[nH]2)[C@H]1Cc1ccccc1. The number of benzene rings is 1. The number of hydrogen-bond donors (Lipinski definition) is 1. The van der Waals surface area contributed by atoms with Crippen molar-refractivity contribution in [3.8, 4) is 0 Å². The lowest BCUT2D eigenvalue weighted by Gasteiger charge is -2.30. The molecule has 0 bridgehead atoms. The Bertz CT molecular complexity index is 786. The summed E-state index contributed by atoms with van der Waals surface area (Å²) in [5.41, 5.74) is 1.23. The number of nitrogens with zero attached hydrogens (tertiary/aromatic N) is 3. The molecule has 4 rings (SSSR count). The summed E-state index contributed by atoms with van der Waals surface area (Å²) in [5.74, 6) is 2.02. The van der Waals surface area contributed by atoms with Gasteiger partial charge < -0.3 is 14.5 Å². The van der Waals surface area contributed by atoms with Crippen LogP contribution in [0.1, 0.15) is 18.9 Å². The van der Waals surface area contributed by atoms with E-state index in [0.29, 0.717) is 31.1 Å². The maximum Gasteiger partial charge on any atom is 0.254 e. The van der Waals surface area contributed by atoms with Gasteiger partial charge in [0.15, 0.2) is 0 Å². The van der Waals surface area contributed by atoms with Crippen molar-refractivity contribution in [2.45, 2.75) is 25.8 Å². The Hall–Kier alpha value is -2.34. The number of aromatic amines is 1. The van der Waals surface area contributed by atoms with Crippen molar-refractivity contribution in [1.29, 1.82) is 0 Å². The topological polar surface area (TPSA) is 61.5 Å². The number of anilines is 2. The molecule has 0 saturated carbocycles. The molecule has 0 radical (unpaired) electrons. The Labute approximate surface area is 153 Å². The Morgan fingerprint density at radius 3 is 2.73 bits per heavy atom. The van der Waals surface area contributed by atoms with E-state index in [4.69, 9.17) is 9.72 Å². The van der Waals surface area contributed by atoms with Crippen LogP contribution in [0.25, 0.3) is 0 Å². The number of nitrogens with one attached hydrogen (secondary N) is 1. The van der Waals surface area contributed by atoms with Crippen LogP contribution < -0.4 is 15.4 Å². The van der Waals surface area contributed by atoms with Gasteiger partial charge in [0.25, 0.3) is 5.56 Å². The molecule has 2 fully saturated rings. The molecule has 3 heterocycles. The molecular weight excluding hydrogens is 328 g/mol. The summed E-state index contributed by atoms with van der Waals surface area (Å²) in [6.45, 7) is 6.13. The van der Waals surface area contributed by atoms with Crippen molar-refractivity contribution in [3.05, 3.63) is 52.3 Å². The maximum absolute atomic E-state index is 12.3. The van der Waals surface area contributed by atoms with Crippen molar-refractivity contribution < 1.29 is 4.74 Å². The highest BCUT2D eigenvalue weighted by atomic mass is 16.5. The van der Waals surface area contributed by atoms with Gasteiger partial charge in [0.2, 0.25) is 5.95 Å². The monoisotopic (exact) mass is 354 g/mol. The van der Waals surface area contributed by atoms with Gasteiger partial charge in [0.05, 0.1) is 13.2 Å². The zero-order valence-electron chi connectivity index (χ0n) is 15.2. The van der Waals surface area contributed by atoms with Gasteiger partial charge in [-0.25, -0.2) is 0 Å². The highest BCUT2D eigenvalue weighted by molar-refractivity contribution is 5.45. The van der Waals surface area contributed by atoms with Gasteiger partial charge in [-0.15, -0.1) is 0 Å². The zero-order valence-corrected chi connectivity index (χ0v) is 15.2. The van der Waals surface area contributed by atoms with E-state index in [1.807, 2.05) is 6.07 Å². The number of ether oxygens (including phenoxy) is 1. The maximum atomic E-state index is 12.3. The lowest BCUT2D eigenvalue weighted by atomic mass is 9.96. The first kappa shape index (κ1) is 17.1. The summed E-state index contributed by atoms with van der Waals surface area (Å²) < 4.78 is 5.41. The lowest BCUT2D eigenvalue weighted by Crippen LogP contribution is -2.39. The Kier molecular flexibility index (Phi) is 4.93. The third kappa shape index (κ3) is 3.60. The van der Waals surface area contributed by atoms with Crippen molar-refractivity contribution in [1.82, 2.24) is 9.97 Å². The van der Waals surface area contributed by atoms with Gasteiger partial charge in [-0.05, 0) is 24.3 Å². The fourth-order valence-corrected chi connectivity index (χ4v) is 3.96. The first-order valence-corrected chi connectivity index (χ1v) is 9.45. The quantitative estimate of drug-likeness (QED) is 0.911. The molecule has 1 aromatic carbocycles. The molecule has 26 heavy (non-hydrogen) atoms. The summed E-state index contributed by atoms with van der Waals surface area (Å²) in [6.07, 6.45) is 2.08. The van der Waals surface area contributed by atoms with E-state index in [1.54, 1.807) is 6.07 Å². The second kappa shape index (κ2) is 7.50. The zero-order chi connectivity index (χ0) is 17.9. The highest BCUT2D eigenvalue weighted by Crippen LogP contribution is 2.30. The molecule has 0 aliphatic carbocycles. The predicted molar refractivity (Wildman–Crippen MR) is 103 cm³/mol. The van der Waals surface area contributed by atoms with Crippen LogP contribution in [-0.4, -0.2) is 48.9 Å².